The van der Waals surface area contributed by atoms with Crippen LogP contribution in [0.25, 0.3) is 0 Å². The Hall–Kier alpha value is -1.23. The number of carbonyl (C=O) groups is 2. The van der Waals surface area contributed by atoms with Crippen molar-refractivity contribution in [2.45, 2.75) is 13.0 Å². The molecule has 5 heteroatoms. The van der Waals surface area contributed by atoms with Gasteiger partial charge in [0.25, 0.3) is 0 Å². The van der Waals surface area contributed by atoms with Gasteiger partial charge in [0.05, 0.1) is 0 Å². The van der Waals surface area contributed by atoms with Gasteiger partial charge in [-0.2, -0.15) is 0 Å². The molecule has 0 amide bonds. The first-order valence-corrected chi connectivity index (χ1v) is 2.54. The van der Waals surface area contributed by atoms with Gasteiger partial charge in [-0.25, -0.2) is 4.79 Å². The fraction of sp³-hybridized carbons (Fsp3) is 0.400. The van der Waals surface area contributed by atoms with Gasteiger partial charge in [0, 0.05) is 5.71 Å². The zero-order valence-electron chi connectivity index (χ0n) is 5.46. The summed E-state index contributed by atoms with van der Waals surface area (Å²) in [6.45, 7) is 1.35. The fourth-order valence-corrected chi connectivity index (χ4v) is 0.298. The summed E-state index contributed by atoms with van der Waals surface area (Å²) in [5.41, 5.74) is 5.05. The van der Waals surface area contributed by atoms with Crippen molar-refractivity contribution < 1.29 is 14.3 Å². The molecule has 56 valence electrons. The van der Waals surface area contributed by atoms with Crippen LogP contribution in [0.3, 0.4) is 0 Å². The number of nitrogens with one attached hydrogen (secondary N) is 1. The Balaban J connectivity index is 3.94. The predicted octanol–water partition coefficient (Wildman–Crippen LogP) is -0.947. The molecule has 0 rings (SSSR count). The van der Waals surface area contributed by atoms with Crippen molar-refractivity contribution in [3.8, 4) is 0 Å². The molecule has 0 aliphatic heterocycles. The van der Waals surface area contributed by atoms with E-state index in [4.69, 9.17) is 11.1 Å². The lowest BCUT2D eigenvalue weighted by Gasteiger charge is -2.03. The maximum atomic E-state index is 10.5. The highest BCUT2D eigenvalue weighted by atomic mass is 16.6. The third-order valence-corrected chi connectivity index (χ3v) is 0.885. The van der Waals surface area contributed by atoms with Crippen molar-refractivity contribution in [1.29, 1.82) is 5.41 Å². The molecule has 1 unspecified atom stereocenters. The molecule has 0 spiro atoms. The second kappa shape index (κ2) is 3.73. The van der Waals surface area contributed by atoms with Gasteiger partial charge in [0.2, 0.25) is 0 Å². The monoisotopic (exact) mass is 144 g/mol. The second-order valence-corrected chi connectivity index (χ2v) is 1.69. The van der Waals surface area contributed by atoms with E-state index in [0.29, 0.717) is 0 Å². The maximum absolute atomic E-state index is 10.5. The average molecular weight is 144 g/mol. The first-order valence-electron chi connectivity index (χ1n) is 2.54. The molecule has 10 heavy (non-hydrogen) atoms. The maximum Gasteiger partial charge on any atom is 0.336 e. The van der Waals surface area contributed by atoms with E-state index in [2.05, 4.69) is 4.74 Å². The van der Waals surface area contributed by atoms with Crippen LogP contribution in [0.1, 0.15) is 6.92 Å². The molecule has 5 nitrogen and oxygen atoms in total. The number of hydrogen-bond donors (Lipinski definition) is 2. The van der Waals surface area contributed by atoms with Crippen LogP contribution >= 0.6 is 0 Å². The van der Waals surface area contributed by atoms with Crippen LogP contribution in [0.15, 0.2) is 0 Å². The highest BCUT2D eigenvalue weighted by Crippen LogP contribution is 1.84. The van der Waals surface area contributed by atoms with Crippen LogP contribution in [-0.2, 0) is 14.3 Å². The van der Waals surface area contributed by atoms with E-state index >= 15 is 0 Å². The van der Waals surface area contributed by atoms with Crippen molar-refractivity contribution >= 4 is 18.2 Å². The van der Waals surface area contributed by atoms with E-state index in [1.165, 1.54) is 6.92 Å². The Morgan fingerprint density at radius 2 is 2.30 bits per heavy atom. The topological polar surface area (TPSA) is 93.2 Å². The number of carbonyl (C=O) groups excluding carboxylic acids is 2. The van der Waals surface area contributed by atoms with Gasteiger partial charge in [-0.3, -0.25) is 4.79 Å². The van der Waals surface area contributed by atoms with Crippen molar-refractivity contribution in [3.05, 3.63) is 0 Å². The molecule has 0 heterocycles. The van der Waals surface area contributed by atoms with Gasteiger partial charge in [0.1, 0.15) is 6.04 Å². The zero-order valence-corrected chi connectivity index (χ0v) is 5.46. The van der Waals surface area contributed by atoms with Gasteiger partial charge in [-0.1, -0.05) is 0 Å². The van der Waals surface area contributed by atoms with E-state index in [-0.39, 0.29) is 12.2 Å². The summed E-state index contributed by atoms with van der Waals surface area (Å²) < 4.78 is 3.88. The molecule has 0 saturated carbocycles. The lowest BCUT2D eigenvalue weighted by Crippen LogP contribution is -2.37. The SMILES string of the molecule is CC(=N)C(N)C(=O)OC=O. The molecule has 0 fully saturated rings. The minimum atomic E-state index is -1.12. The molecule has 0 aliphatic carbocycles. The smallest absolute Gasteiger partial charge is 0.336 e. The van der Waals surface area contributed by atoms with Gasteiger partial charge >= 0.3 is 12.4 Å². The normalized spacial score (nSPS) is 11.8. The summed E-state index contributed by atoms with van der Waals surface area (Å²) in [6, 6.07) is -1.12. The number of hydrogen-bond acceptors (Lipinski definition) is 5. The van der Waals surface area contributed by atoms with E-state index in [0.717, 1.165) is 0 Å². The summed E-state index contributed by atoms with van der Waals surface area (Å²) in [7, 11) is 0. The third-order valence-electron chi connectivity index (χ3n) is 0.885. The molecule has 0 aromatic heterocycles. The lowest BCUT2D eigenvalue weighted by molar-refractivity contribution is -0.151. The Labute approximate surface area is 57.7 Å². The molecular weight excluding hydrogens is 136 g/mol. The number of ether oxygens (including phenoxy) is 1. The Kier molecular flexibility index (Phi) is 3.27. The standard InChI is InChI=1S/C5H8N2O3/c1-3(6)4(7)5(9)10-2-8/h2,4,6H,7H2,1H3. The summed E-state index contributed by atoms with van der Waals surface area (Å²) in [6.07, 6.45) is 0. The van der Waals surface area contributed by atoms with Crippen LogP contribution in [0.2, 0.25) is 0 Å². The first-order chi connectivity index (χ1) is 4.59. The van der Waals surface area contributed by atoms with Crippen molar-refractivity contribution in [3.63, 3.8) is 0 Å². The van der Waals surface area contributed by atoms with Crippen molar-refractivity contribution in [2.24, 2.45) is 5.73 Å². The molecule has 0 aromatic rings. The van der Waals surface area contributed by atoms with Crippen LogP contribution in [0.4, 0.5) is 0 Å². The number of esters is 1. The van der Waals surface area contributed by atoms with Crippen LogP contribution < -0.4 is 5.73 Å². The number of nitrogens with two attached hydrogens (primary N) is 1. The molecule has 3 N–H and O–H groups in total. The highest BCUT2D eigenvalue weighted by Gasteiger charge is 2.16. The first kappa shape index (κ1) is 8.77. The quantitative estimate of drug-likeness (QED) is 0.231. The molecule has 0 aromatic carbocycles. The Morgan fingerprint density at radius 1 is 1.80 bits per heavy atom. The van der Waals surface area contributed by atoms with Crippen LogP contribution in [-0.4, -0.2) is 24.2 Å². The van der Waals surface area contributed by atoms with Crippen LogP contribution in [0, 0.1) is 5.41 Å². The minimum absolute atomic E-state index is 0.00880. The fourth-order valence-electron chi connectivity index (χ4n) is 0.298. The van der Waals surface area contributed by atoms with E-state index in [1.807, 2.05) is 0 Å². The lowest BCUT2D eigenvalue weighted by atomic mass is 10.2. The van der Waals surface area contributed by atoms with Crippen molar-refractivity contribution in [1.82, 2.24) is 0 Å². The molecule has 0 radical (unpaired) electrons. The predicted molar refractivity (Wildman–Crippen MR) is 33.5 cm³/mol. The second-order valence-electron chi connectivity index (χ2n) is 1.69. The van der Waals surface area contributed by atoms with Gasteiger partial charge in [-0.05, 0) is 6.92 Å². The summed E-state index contributed by atoms with van der Waals surface area (Å²) in [4.78, 5) is 20.0. The Bertz CT molecular complexity index is 166. The van der Waals surface area contributed by atoms with Gasteiger partial charge in [-0.15, -0.1) is 0 Å². The highest BCUT2D eigenvalue weighted by molar-refractivity contribution is 6.04. The summed E-state index contributed by atoms with van der Waals surface area (Å²) in [5, 5.41) is 6.87. The largest absolute Gasteiger partial charge is 0.394 e. The van der Waals surface area contributed by atoms with Crippen molar-refractivity contribution in [2.75, 3.05) is 0 Å². The van der Waals surface area contributed by atoms with Gasteiger partial charge < -0.3 is 15.9 Å². The molecule has 1 atom stereocenters. The van der Waals surface area contributed by atoms with Crippen LogP contribution in [0.5, 0.6) is 0 Å². The minimum Gasteiger partial charge on any atom is -0.394 e. The van der Waals surface area contributed by atoms with E-state index < -0.39 is 12.0 Å². The molecule has 0 aliphatic rings. The summed E-state index contributed by atoms with van der Waals surface area (Å²) >= 11 is 0. The molecule has 0 saturated heterocycles. The molecule has 0 bridgehead atoms. The van der Waals surface area contributed by atoms with E-state index in [9.17, 15) is 9.59 Å². The number of rotatable bonds is 3. The average Bonchev–Trinajstić information content (AvgIpc) is 1.87. The Morgan fingerprint density at radius 3 is 2.60 bits per heavy atom. The zero-order chi connectivity index (χ0) is 8.15. The molecular formula is C5H8N2O3. The third kappa shape index (κ3) is 2.36. The van der Waals surface area contributed by atoms with Gasteiger partial charge in [0.15, 0.2) is 0 Å². The summed E-state index contributed by atoms with van der Waals surface area (Å²) in [5.74, 6) is -0.900. The van der Waals surface area contributed by atoms with E-state index in [1.54, 1.807) is 0 Å².